The van der Waals surface area contributed by atoms with Crippen LogP contribution in [0.15, 0.2) is 53.8 Å². The van der Waals surface area contributed by atoms with E-state index in [1.165, 1.54) is 6.33 Å². The molecule has 2 aliphatic rings. The van der Waals surface area contributed by atoms with E-state index in [2.05, 4.69) is 47.4 Å². The zero-order chi connectivity index (χ0) is 32.5. The average molecular weight is 677 g/mol. The molecule has 0 bridgehead atoms. The summed E-state index contributed by atoms with van der Waals surface area (Å²) in [6.07, 6.45) is 4.82. The summed E-state index contributed by atoms with van der Waals surface area (Å²) in [7, 11) is 1.79. The van der Waals surface area contributed by atoms with Crippen LogP contribution in [0.5, 0.6) is 0 Å². The van der Waals surface area contributed by atoms with E-state index in [9.17, 15) is 4.79 Å². The summed E-state index contributed by atoms with van der Waals surface area (Å²) in [5, 5.41) is 12.5. The van der Waals surface area contributed by atoms with Gasteiger partial charge < -0.3 is 20.3 Å². The quantitative estimate of drug-likeness (QED) is 0.249. The molecule has 4 aromatic heterocycles. The minimum atomic E-state index is -0.242. The van der Waals surface area contributed by atoms with Gasteiger partial charge in [0.05, 0.1) is 40.2 Å². The predicted molar refractivity (Wildman–Crippen MR) is 184 cm³/mol. The second kappa shape index (κ2) is 13.5. The van der Waals surface area contributed by atoms with Gasteiger partial charge in [-0.25, -0.2) is 14.6 Å². The second-order valence-electron chi connectivity index (χ2n) is 11.8. The number of fused-ring (bicyclic) bond motifs is 1. The largest absolute Gasteiger partial charge is 0.379 e. The van der Waals surface area contributed by atoms with Gasteiger partial charge in [0.15, 0.2) is 5.82 Å². The molecular weight excluding hydrogens is 641 g/mol. The molecule has 0 amide bonds. The number of rotatable bonds is 8. The molecule has 2 fully saturated rings. The third-order valence-electron chi connectivity index (χ3n) is 8.55. The summed E-state index contributed by atoms with van der Waals surface area (Å²) in [6.45, 7) is 8.85. The highest BCUT2D eigenvalue weighted by atomic mass is 35.5. The molecular formula is C32H35Cl2N11O2. The maximum absolute atomic E-state index is 14.2. The van der Waals surface area contributed by atoms with Gasteiger partial charge in [0.2, 0.25) is 5.95 Å². The molecule has 7 rings (SSSR count). The number of hydrogen-bond donors (Lipinski definition) is 2. The Morgan fingerprint density at radius 1 is 1.02 bits per heavy atom. The summed E-state index contributed by atoms with van der Waals surface area (Å²) < 4.78 is 8.84. The Balaban J connectivity index is 1.23. The number of pyridine rings is 2. The van der Waals surface area contributed by atoms with E-state index in [0.29, 0.717) is 82.0 Å². The Bertz CT molecular complexity index is 1980. The normalized spacial score (nSPS) is 17.4. The number of hydrogen-bond acceptors (Lipinski definition) is 11. The minimum Gasteiger partial charge on any atom is -0.379 e. The van der Waals surface area contributed by atoms with Crippen molar-refractivity contribution in [3.63, 3.8) is 0 Å². The Hall–Kier alpha value is -4.14. The monoisotopic (exact) mass is 675 g/mol. The van der Waals surface area contributed by atoms with Crippen molar-refractivity contribution >= 4 is 51.6 Å². The standard InChI is InChI=1S/C32H35Cl2N11O2/c1-20-18-44(6-5-35-20)27-4-3-23(15-25(27)33)40-32-37-17-21-13-24(28-26(34)14-22(16-36-28)29-38-19-39-42(29)2)31(46)45(30(21)41-32)8-7-43-9-11-47-12-10-43/h3-4,13-17,19-20,35H,5-12,18H2,1-2H3,(H,37,40,41). The van der Waals surface area contributed by atoms with Gasteiger partial charge in [-0.05, 0) is 37.3 Å². The van der Waals surface area contributed by atoms with Crippen molar-refractivity contribution in [3.8, 4) is 22.6 Å². The highest BCUT2D eigenvalue weighted by Crippen LogP contribution is 2.32. The number of anilines is 3. The van der Waals surface area contributed by atoms with Crippen LogP contribution in [0.1, 0.15) is 6.92 Å². The van der Waals surface area contributed by atoms with Gasteiger partial charge in [0, 0.05) is 87.9 Å². The van der Waals surface area contributed by atoms with E-state index in [1.807, 2.05) is 18.2 Å². The van der Waals surface area contributed by atoms with Crippen LogP contribution in [0.25, 0.3) is 33.7 Å². The molecule has 6 heterocycles. The summed E-state index contributed by atoms with van der Waals surface area (Å²) in [4.78, 5) is 37.1. The molecule has 47 heavy (non-hydrogen) atoms. The first kappa shape index (κ1) is 31.5. The number of aromatic nitrogens is 7. The second-order valence-corrected chi connectivity index (χ2v) is 12.6. The van der Waals surface area contributed by atoms with Gasteiger partial charge in [-0.3, -0.25) is 19.2 Å². The number of ether oxygens (including phenoxy) is 1. The lowest BCUT2D eigenvalue weighted by Gasteiger charge is -2.34. The van der Waals surface area contributed by atoms with Crippen molar-refractivity contribution in [1.29, 1.82) is 0 Å². The molecule has 0 aliphatic carbocycles. The van der Waals surface area contributed by atoms with Crippen molar-refractivity contribution < 1.29 is 4.74 Å². The van der Waals surface area contributed by atoms with Crippen LogP contribution in [0.3, 0.4) is 0 Å². The van der Waals surface area contributed by atoms with E-state index < -0.39 is 0 Å². The lowest BCUT2D eigenvalue weighted by molar-refractivity contribution is 0.0364. The van der Waals surface area contributed by atoms with Crippen molar-refractivity contribution in [1.82, 2.24) is 44.5 Å². The number of morpholine rings is 1. The fourth-order valence-corrected chi connectivity index (χ4v) is 6.67. The van der Waals surface area contributed by atoms with E-state index in [-0.39, 0.29) is 5.56 Å². The third-order valence-corrected chi connectivity index (χ3v) is 9.14. The summed E-state index contributed by atoms with van der Waals surface area (Å²) >= 11 is 13.5. The topological polar surface area (TPSA) is 131 Å². The number of nitrogens with one attached hydrogen (secondary N) is 2. The maximum Gasteiger partial charge on any atom is 0.261 e. The van der Waals surface area contributed by atoms with Gasteiger partial charge in [0.25, 0.3) is 5.56 Å². The lowest BCUT2D eigenvalue weighted by atomic mass is 10.1. The van der Waals surface area contributed by atoms with Crippen LogP contribution in [-0.4, -0.2) is 97.7 Å². The summed E-state index contributed by atoms with van der Waals surface area (Å²) in [5.41, 5.74) is 3.44. The molecule has 5 aromatic rings. The van der Waals surface area contributed by atoms with Gasteiger partial charge in [-0.2, -0.15) is 10.1 Å². The predicted octanol–water partition coefficient (Wildman–Crippen LogP) is 3.83. The van der Waals surface area contributed by atoms with Gasteiger partial charge >= 0.3 is 0 Å². The van der Waals surface area contributed by atoms with Crippen LogP contribution in [0.4, 0.5) is 17.3 Å². The van der Waals surface area contributed by atoms with Crippen molar-refractivity contribution in [2.45, 2.75) is 19.5 Å². The Morgan fingerprint density at radius 3 is 2.62 bits per heavy atom. The number of piperazine rings is 1. The molecule has 0 saturated carbocycles. The third kappa shape index (κ3) is 6.67. The van der Waals surface area contributed by atoms with E-state index in [1.54, 1.807) is 40.8 Å². The molecule has 13 nitrogen and oxygen atoms in total. The van der Waals surface area contributed by atoms with Crippen molar-refractivity contribution in [2.24, 2.45) is 7.05 Å². The molecule has 2 aliphatic heterocycles. The van der Waals surface area contributed by atoms with Crippen LogP contribution in [0.2, 0.25) is 10.0 Å². The van der Waals surface area contributed by atoms with Crippen LogP contribution in [-0.2, 0) is 18.3 Å². The Kier molecular flexibility index (Phi) is 9.06. The zero-order valence-electron chi connectivity index (χ0n) is 26.2. The van der Waals surface area contributed by atoms with Crippen molar-refractivity contribution in [2.75, 3.05) is 62.7 Å². The Labute approximate surface area is 281 Å². The molecule has 2 saturated heterocycles. The van der Waals surface area contributed by atoms with E-state index in [0.717, 1.165) is 44.1 Å². The smallest absolute Gasteiger partial charge is 0.261 e. The molecule has 0 spiro atoms. The number of aryl methyl sites for hydroxylation is 1. The van der Waals surface area contributed by atoms with E-state index in [4.69, 9.17) is 32.9 Å². The fraction of sp³-hybridized carbons (Fsp3) is 0.375. The lowest BCUT2D eigenvalue weighted by Crippen LogP contribution is -2.49. The first-order chi connectivity index (χ1) is 22.8. The van der Waals surface area contributed by atoms with Gasteiger partial charge in [0.1, 0.15) is 12.0 Å². The summed E-state index contributed by atoms with van der Waals surface area (Å²) in [5.74, 6) is 0.976. The molecule has 15 heteroatoms. The van der Waals surface area contributed by atoms with Crippen LogP contribution < -0.4 is 21.1 Å². The molecule has 1 atom stereocenters. The fourth-order valence-electron chi connectivity index (χ4n) is 6.10. The minimum absolute atomic E-state index is 0.242. The highest BCUT2D eigenvalue weighted by Gasteiger charge is 2.21. The van der Waals surface area contributed by atoms with Crippen molar-refractivity contribution in [3.05, 3.63) is 69.5 Å². The molecule has 1 aromatic carbocycles. The highest BCUT2D eigenvalue weighted by molar-refractivity contribution is 6.33. The molecule has 0 radical (unpaired) electrons. The first-order valence-corrected chi connectivity index (χ1v) is 16.4. The van der Waals surface area contributed by atoms with E-state index >= 15 is 0 Å². The Morgan fingerprint density at radius 2 is 1.87 bits per heavy atom. The SMILES string of the molecule is CC1CN(c2ccc(Nc3ncc4cc(-c5ncc(-c6ncnn6C)cc5Cl)c(=O)n(CCN5CCOCC5)c4n3)cc2Cl)CCN1. The molecule has 244 valence electrons. The number of benzene rings is 1. The average Bonchev–Trinajstić information content (AvgIpc) is 3.50. The number of halogens is 2. The van der Waals surface area contributed by atoms with Gasteiger partial charge in [-0.1, -0.05) is 23.2 Å². The zero-order valence-corrected chi connectivity index (χ0v) is 27.7. The van der Waals surface area contributed by atoms with Crippen LogP contribution >= 0.6 is 23.2 Å². The first-order valence-electron chi connectivity index (χ1n) is 15.6. The maximum atomic E-state index is 14.2. The molecule has 1 unspecified atom stereocenters. The van der Waals surface area contributed by atoms with Crippen LogP contribution in [0, 0.1) is 0 Å². The molecule has 2 N–H and O–H groups in total. The summed E-state index contributed by atoms with van der Waals surface area (Å²) in [6, 6.07) is 9.75. The van der Waals surface area contributed by atoms with Gasteiger partial charge in [-0.15, -0.1) is 0 Å². The number of nitrogens with zero attached hydrogens (tertiary/aromatic N) is 9.